The van der Waals surface area contributed by atoms with E-state index in [-0.39, 0.29) is 6.04 Å². The Labute approximate surface area is 106 Å². The molecular formula is C13H17N3O2. The molecule has 5 nitrogen and oxygen atoms in total. The van der Waals surface area contributed by atoms with E-state index in [0.717, 1.165) is 18.5 Å². The molecule has 1 saturated heterocycles. The van der Waals surface area contributed by atoms with Crippen molar-refractivity contribution in [3.8, 4) is 11.6 Å². The van der Waals surface area contributed by atoms with E-state index in [0.29, 0.717) is 17.5 Å². The van der Waals surface area contributed by atoms with Crippen LogP contribution in [-0.4, -0.2) is 16.7 Å². The molecule has 0 bridgehead atoms. The molecular weight excluding hydrogens is 230 g/mol. The first kappa shape index (κ1) is 11.5. The van der Waals surface area contributed by atoms with E-state index in [2.05, 4.69) is 15.5 Å². The highest BCUT2D eigenvalue weighted by Gasteiger charge is 2.21. The fourth-order valence-electron chi connectivity index (χ4n) is 2.31. The predicted octanol–water partition coefficient (Wildman–Crippen LogP) is 2.84. The molecule has 0 aliphatic carbocycles. The van der Waals surface area contributed by atoms with Crippen LogP contribution in [0.15, 0.2) is 21.3 Å². The van der Waals surface area contributed by atoms with Gasteiger partial charge in [0.15, 0.2) is 5.76 Å². The van der Waals surface area contributed by atoms with E-state index >= 15 is 0 Å². The number of nitrogens with one attached hydrogen (secondary N) is 1. The number of aryl methyl sites for hydroxylation is 1. The zero-order valence-electron chi connectivity index (χ0n) is 10.5. The normalized spacial score (nSPS) is 20.8. The Morgan fingerprint density at radius 3 is 3.11 bits per heavy atom. The van der Waals surface area contributed by atoms with Gasteiger partial charge >= 0.3 is 0 Å². The standard InChI is InChI=1S/C13H17N3O2/c1-9-6-8-17-11(9)12-15-13(18-16-12)10-5-3-2-4-7-14-10/h6,8,10,14H,2-5,7H2,1H3. The van der Waals surface area contributed by atoms with Crippen LogP contribution in [0.2, 0.25) is 0 Å². The highest BCUT2D eigenvalue weighted by molar-refractivity contribution is 5.51. The molecule has 0 aromatic carbocycles. The average Bonchev–Trinajstić information content (AvgIpc) is 2.91. The smallest absolute Gasteiger partial charge is 0.244 e. The van der Waals surface area contributed by atoms with E-state index < -0.39 is 0 Å². The lowest BCUT2D eigenvalue weighted by Gasteiger charge is -2.09. The molecule has 1 aliphatic rings. The van der Waals surface area contributed by atoms with Crippen LogP contribution in [0.5, 0.6) is 0 Å². The molecule has 2 aromatic rings. The maximum atomic E-state index is 5.37. The molecule has 96 valence electrons. The van der Waals surface area contributed by atoms with Crippen LogP contribution in [0, 0.1) is 6.92 Å². The molecule has 1 N–H and O–H groups in total. The highest BCUT2D eigenvalue weighted by atomic mass is 16.5. The van der Waals surface area contributed by atoms with Crippen LogP contribution >= 0.6 is 0 Å². The van der Waals surface area contributed by atoms with Gasteiger partial charge in [-0.3, -0.25) is 0 Å². The van der Waals surface area contributed by atoms with Gasteiger partial charge < -0.3 is 14.3 Å². The summed E-state index contributed by atoms with van der Waals surface area (Å²) in [6.07, 6.45) is 6.38. The van der Waals surface area contributed by atoms with Crippen molar-refractivity contribution >= 4 is 0 Å². The van der Waals surface area contributed by atoms with E-state index in [1.165, 1.54) is 19.3 Å². The molecule has 1 unspecified atom stereocenters. The first-order valence-electron chi connectivity index (χ1n) is 6.46. The summed E-state index contributed by atoms with van der Waals surface area (Å²) in [4.78, 5) is 4.44. The Balaban J connectivity index is 1.82. The van der Waals surface area contributed by atoms with Gasteiger partial charge in [-0.25, -0.2) is 0 Å². The van der Waals surface area contributed by atoms with Crippen molar-refractivity contribution < 1.29 is 8.94 Å². The summed E-state index contributed by atoms with van der Waals surface area (Å²) in [5, 5.41) is 7.45. The Kier molecular flexibility index (Phi) is 3.15. The van der Waals surface area contributed by atoms with Crippen LogP contribution in [0.1, 0.15) is 43.2 Å². The average molecular weight is 247 g/mol. The Bertz CT molecular complexity index is 510. The van der Waals surface area contributed by atoms with E-state index in [4.69, 9.17) is 8.94 Å². The molecule has 5 heteroatoms. The second-order valence-electron chi connectivity index (χ2n) is 4.75. The van der Waals surface area contributed by atoms with Gasteiger partial charge in [0.25, 0.3) is 0 Å². The van der Waals surface area contributed by atoms with Gasteiger partial charge in [0.2, 0.25) is 11.7 Å². The van der Waals surface area contributed by atoms with Crippen LogP contribution in [0.25, 0.3) is 11.6 Å². The Hall–Kier alpha value is -1.62. The Morgan fingerprint density at radius 2 is 2.28 bits per heavy atom. The summed E-state index contributed by atoms with van der Waals surface area (Å²) in [5.41, 5.74) is 1.02. The van der Waals surface area contributed by atoms with Crippen molar-refractivity contribution in [3.05, 3.63) is 23.8 Å². The third kappa shape index (κ3) is 2.18. The van der Waals surface area contributed by atoms with Gasteiger partial charge in [0, 0.05) is 0 Å². The second kappa shape index (κ2) is 4.94. The fraction of sp³-hybridized carbons (Fsp3) is 0.538. The minimum Gasteiger partial charge on any atom is -0.461 e. The number of nitrogens with zero attached hydrogens (tertiary/aromatic N) is 2. The number of aromatic nitrogens is 2. The molecule has 3 rings (SSSR count). The lowest BCUT2D eigenvalue weighted by molar-refractivity contribution is 0.327. The molecule has 0 amide bonds. The number of rotatable bonds is 2. The zero-order chi connectivity index (χ0) is 12.4. The van der Waals surface area contributed by atoms with Crippen molar-refractivity contribution in [1.82, 2.24) is 15.5 Å². The Morgan fingerprint density at radius 1 is 1.33 bits per heavy atom. The van der Waals surface area contributed by atoms with E-state index in [1.54, 1.807) is 6.26 Å². The molecule has 0 spiro atoms. The number of hydrogen-bond acceptors (Lipinski definition) is 5. The molecule has 3 heterocycles. The fourth-order valence-corrected chi connectivity index (χ4v) is 2.31. The zero-order valence-corrected chi connectivity index (χ0v) is 10.5. The van der Waals surface area contributed by atoms with Crippen molar-refractivity contribution in [3.63, 3.8) is 0 Å². The monoisotopic (exact) mass is 247 g/mol. The molecule has 2 aromatic heterocycles. The quantitative estimate of drug-likeness (QED) is 0.884. The summed E-state index contributed by atoms with van der Waals surface area (Å²) < 4.78 is 10.7. The molecule has 0 saturated carbocycles. The molecule has 0 radical (unpaired) electrons. The van der Waals surface area contributed by atoms with Crippen molar-refractivity contribution in [2.45, 2.75) is 38.6 Å². The number of hydrogen-bond donors (Lipinski definition) is 1. The summed E-state index contributed by atoms with van der Waals surface area (Å²) in [7, 11) is 0. The lowest BCUT2D eigenvalue weighted by Crippen LogP contribution is -2.20. The van der Waals surface area contributed by atoms with Crippen molar-refractivity contribution in [2.75, 3.05) is 6.54 Å². The summed E-state index contributed by atoms with van der Waals surface area (Å²) in [5.74, 6) is 1.90. The third-order valence-corrected chi connectivity index (χ3v) is 3.37. The van der Waals surface area contributed by atoms with Crippen LogP contribution in [0.3, 0.4) is 0 Å². The first-order chi connectivity index (χ1) is 8.84. The maximum absolute atomic E-state index is 5.37. The largest absolute Gasteiger partial charge is 0.461 e. The molecule has 1 fully saturated rings. The minimum absolute atomic E-state index is 0.184. The van der Waals surface area contributed by atoms with E-state index in [9.17, 15) is 0 Å². The first-order valence-corrected chi connectivity index (χ1v) is 6.46. The van der Waals surface area contributed by atoms with Crippen LogP contribution in [0.4, 0.5) is 0 Å². The van der Waals surface area contributed by atoms with E-state index in [1.807, 2.05) is 13.0 Å². The summed E-state index contributed by atoms with van der Waals surface area (Å²) >= 11 is 0. The summed E-state index contributed by atoms with van der Waals surface area (Å²) in [6.45, 7) is 2.99. The molecule has 1 atom stereocenters. The van der Waals surface area contributed by atoms with Crippen molar-refractivity contribution in [1.29, 1.82) is 0 Å². The number of furan rings is 1. The van der Waals surface area contributed by atoms with Crippen molar-refractivity contribution in [2.24, 2.45) is 0 Å². The van der Waals surface area contributed by atoms with Gasteiger partial charge in [0.05, 0.1) is 12.3 Å². The lowest BCUT2D eigenvalue weighted by atomic mass is 10.1. The van der Waals surface area contributed by atoms with Gasteiger partial charge in [-0.2, -0.15) is 4.98 Å². The predicted molar refractivity (Wildman–Crippen MR) is 65.9 cm³/mol. The van der Waals surface area contributed by atoms with Gasteiger partial charge in [-0.1, -0.05) is 18.0 Å². The minimum atomic E-state index is 0.184. The van der Waals surface area contributed by atoms with Gasteiger partial charge in [-0.05, 0) is 37.9 Å². The van der Waals surface area contributed by atoms with Crippen LogP contribution < -0.4 is 5.32 Å². The topological polar surface area (TPSA) is 64.1 Å². The molecule has 18 heavy (non-hydrogen) atoms. The van der Waals surface area contributed by atoms with Gasteiger partial charge in [-0.15, -0.1) is 0 Å². The molecule has 1 aliphatic heterocycles. The summed E-state index contributed by atoms with van der Waals surface area (Å²) in [6, 6.07) is 2.08. The maximum Gasteiger partial charge on any atom is 0.244 e. The highest BCUT2D eigenvalue weighted by Crippen LogP contribution is 2.25. The van der Waals surface area contributed by atoms with Gasteiger partial charge in [0.1, 0.15) is 0 Å². The van der Waals surface area contributed by atoms with Crippen LogP contribution in [-0.2, 0) is 0 Å². The second-order valence-corrected chi connectivity index (χ2v) is 4.75. The SMILES string of the molecule is Cc1ccoc1-c1noc(C2CCCCCN2)n1. The third-order valence-electron chi connectivity index (χ3n) is 3.37.